The van der Waals surface area contributed by atoms with Gasteiger partial charge in [-0.05, 0) is 43.7 Å². The summed E-state index contributed by atoms with van der Waals surface area (Å²) in [4.78, 5) is 11.1. The lowest BCUT2D eigenvalue weighted by atomic mass is 9.71. The second-order valence-electron chi connectivity index (χ2n) is 6.80. The summed E-state index contributed by atoms with van der Waals surface area (Å²) >= 11 is 0. The standard InChI is InChI=1S/C19H25NO2/c1-3-13-20-16-9-5-4-7-14(16)15-8-6-11-19(2,18(15)20)12-10-17(21)22/h4-5,7,9H,3,6,8,10-13H2,1-2H3,(H,21,22). The van der Waals surface area contributed by atoms with E-state index in [4.69, 9.17) is 5.11 Å². The molecule has 3 heteroatoms. The Labute approximate surface area is 131 Å². The van der Waals surface area contributed by atoms with Gasteiger partial charge in [-0.25, -0.2) is 0 Å². The molecule has 0 spiro atoms. The summed E-state index contributed by atoms with van der Waals surface area (Å²) in [6, 6.07) is 8.65. The van der Waals surface area contributed by atoms with Crippen molar-refractivity contribution in [3.8, 4) is 0 Å². The Kier molecular flexibility index (Phi) is 3.98. The predicted octanol–water partition coefficient (Wildman–Crippen LogP) is 4.51. The molecular weight excluding hydrogens is 274 g/mol. The Morgan fingerprint density at radius 2 is 2.14 bits per heavy atom. The maximum absolute atomic E-state index is 11.1. The predicted molar refractivity (Wildman–Crippen MR) is 89.4 cm³/mol. The fourth-order valence-electron chi connectivity index (χ4n) is 4.17. The molecule has 0 radical (unpaired) electrons. The van der Waals surface area contributed by atoms with Crippen molar-refractivity contribution in [3.05, 3.63) is 35.5 Å². The molecule has 118 valence electrons. The fraction of sp³-hybridized carbons (Fsp3) is 0.526. The summed E-state index contributed by atoms with van der Waals surface area (Å²) in [5, 5.41) is 10.5. The number of nitrogens with zero attached hydrogens (tertiary/aromatic N) is 1. The Bertz CT molecular complexity index is 701. The molecule has 0 saturated heterocycles. The van der Waals surface area contributed by atoms with Gasteiger partial charge < -0.3 is 9.67 Å². The summed E-state index contributed by atoms with van der Waals surface area (Å²) in [5.74, 6) is -0.688. The molecule has 1 unspecified atom stereocenters. The number of carbonyl (C=O) groups is 1. The lowest BCUT2D eigenvalue weighted by Gasteiger charge is -2.36. The number of carboxylic acids is 1. The van der Waals surface area contributed by atoms with Crippen LogP contribution in [0.4, 0.5) is 0 Å². The van der Waals surface area contributed by atoms with Gasteiger partial charge in [0, 0.05) is 35.0 Å². The minimum absolute atomic E-state index is 0.0137. The molecule has 0 amide bonds. The molecule has 1 aliphatic carbocycles. The first kappa shape index (κ1) is 15.1. The Morgan fingerprint density at radius 3 is 2.86 bits per heavy atom. The Morgan fingerprint density at radius 1 is 1.36 bits per heavy atom. The summed E-state index contributed by atoms with van der Waals surface area (Å²) < 4.78 is 2.46. The van der Waals surface area contributed by atoms with Crippen LogP contribution in [0.15, 0.2) is 24.3 Å². The third-order valence-electron chi connectivity index (χ3n) is 5.14. The summed E-state index contributed by atoms with van der Waals surface area (Å²) in [6.45, 7) is 5.48. The molecule has 1 heterocycles. The number of benzene rings is 1. The van der Waals surface area contributed by atoms with Crippen LogP contribution in [0.3, 0.4) is 0 Å². The highest BCUT2D eigenvalue weighted by Gasteiger charge is 2.36. The van der Waals surface area contributed by atoms with Crippen LogP contribution in [-0.2, 0) is 23.2 Å². The van der Waals surface area contributed by atoms with Crippen molar-refractivity contribution in [1.29, 1.82) is 0 Å². The van der Waals surface area contributed by atoms with E-state index in [-0.39, 0.29) is 11.8 Å². The van der Waals surface area contributed by atoms with E-state index in [9.17, 15) is 4.79 Å². The molecule has 1 aliphatic rings. The van der Waals surface area contributed by atoms with Crippen LogP contribution in [0, 0.1) is 0 Å². The van der Waals surface area contributed by atoms with Crippen molar-refractivity contribution >= 4 is 16.9 Å². The van der Waals surface area contributed by atoms with Crippen molar-refractivity contribution < 1.29 is 9.90 Å². The van der Waals surface area contributed by atoms with Crippen molar-refractivity contribution in [2.75, 3.05) is 0 Å². The third kappa shape index (κ3) is 2.43. The number of fused-ring (bicyclic) bond motifs is 3. The zero-order valence-corrected chi connectivity index (χ0v) is 13.6. The van der Waals surface area contributed by atoms with E-state index in [1.165, 1.54) is 22.2 Å². The average molecular weight is 299 g/mol. The van der Waals surface area contributed by atoms with Gasteiger partial charge in [0.1, 0.15) is 0 Å². The van der Waals surface area contributed by atoms with Crippen molar-refractivity contribution in [2.45, 2.75) is 64.3 Å². The second kappa shape index (κ2) is 5.79. The Balaban J connectivity index is 2.17. The fourth-order valence-corrected chi connectivity index (χ4v) is 4.17. The van der Waals surface area contributed by atoms with Crippen LogP contribution in [0.2, 0.25) is 0 Å². The van der Waals surface area contributed by atoms with Gasteiger partial charge in [-0.1, -0.05) is 32.0 Å². The van der Waals surface area contributed by atoms with Gasteiger partial charge in [0.05, 0.1) is 0 Å². The van der Waals surface area contributed by atoms with Crippen LogP contribution in [0.5, 0.6) is 0 Å². The van der Waals surface area contributed by atoms with E-state index in [0.717, 1.165) is 38.6 Å². The number of hydrogen-bond donors (Lipinski definition) is 1. The van der Waals surface area contributed by atoms with Crippen LogP contribution >= 0.6 is 0 Å². The molecule has 1 aromatic carbocycles. The number of rotatable bonds is 5. The van der Waals surface area contributed by atoms with Gasteiger partial charge >= 0.3 is 5.97 Å². The highest BCUT2D eigenvalue weighted by atomic mass is 16.4. The zero-order valence-electron chi connectivity index (χ0n) is 13.6. The van der Waals surface area contributed by atoms with Gasteiger partial charge in [0.2, 0.25) is 0 Å². The maximum atomic E-state index is 11.1. The number of hydrogen-bond acceptors (Lipinski definition) is 1. The van der Waals surface area contributed by atoms with E-state index >= 15 is 0 Å². The summed E-state index contributed by atoms with van der Waals surface area (Å²) in [5.41, 5.74) is 4.17. The lowest BCUT2D eigenvalue weighted by Crippen LogP contribution is -2.31. The Hall–Kier alpha value is -1.77. The molecule has 0 bridgehead atoms. The smallest absolute Gasteiger partial charge is 0.303 e. The minimum atomic E-state index is -0.688. The molecule has 0 saturated carbocycles. The molecule has 3 nitrogen and oxygen atoms in total. The van der Waals surface area contributed by atoms with E-state index < -0.39 is 5.97 Å². The third-order valence-corrected chi connectivity index (χ3v) is 5.14. The van der Waals surface area contributed by atoms with Crippen molar-refractivity contribution in [3.63, 3.8) is 0 Å². The van der Waals surface area contributed by atoms with Crippen LogP contribution in [0.25, 0.3) is 10.9 Å². The highest BCUT2D eigenvalue weighted by Crippen LogP contribution is 2.44. The van der Waals surface area contributed by atoms with Gasteiger partial charge in [-0.15, -0.1) is 0 Å². The maximum Gasteiger partial charge on any atom is 0.303 e. The first-order chi connectivity index (χ1) is 10.6. The van der Waals surface area contributed by atoms with Gasteiger partial charge in [-0.2, -0.15) is 0 Å². The van der Waals surface area contributed by atoms with Crippen molar-refractivity contribution in [2.24, 2.45) is 0 Å². The van der Waals surface area contributed by atoms with E-state index in [0.29, 0.717) is 0 Å². The second-order valence-corrected chi connectivity index (χ2v) is 6.80. The first-order valence-electron chi connectivity index (χ1n) is 8.39. The first-order valence-corrected chi connectivity index (χ1v) is 8.39. The van der Waals surface area contributed by atoms with Crippen LogP contribution < -0.4 is 0 Å². The summed E-state index contributed by atoms with van der Waals surface area (Å²) in [6.07, 6.45) is 5.45. The molecule has 3 rings (SSSR count). The monoisotopic (exact) mass is 299 g/mol. The van der Waals surface area contributed by atoms with Gasteiger partial charge in [0.25, 0.3) is 0 Å². The molecule has 1 atom stereocenters. The zero-order chi connectivity index (χ0) is 15.7. The molecular formula is C19H25NO2. The highest BCUT2D eigenvalue weighted by molar-refractivity contribution is 5.86. The topological polar surface area (TPSA) is 42.2 Å². The van der Waals surface area contributed by atoms with Gasteiger partial charge in [-0.3, -0.25) is 4.79 Å². The number of aromatic nitrogens is 1. The van der Waals surface area contributed by atoms with Crippen LogP contribution in [0.1, 0.15) is 57.2 Å². The number of carboxylic acid groups (broad SMARTS) is 1. The number of aliphatic carboxylic acids is 1. The quantitative estimate of drug-likeness (QED) is 0.882. The normalized spacial score (nSPS) is 21.0. The molecule has 22 heavy (non-hydrogen) atoms. The molecule has 0 fully saturated rings. The van der Waals surface area contributed by atoms with Crippen molar-refractivity contribution in [1.82, 2.24) is 4.57 Å². The SMILES string of the molecule is CCCn1c2c(c3ccccc31)CCCC2(C)CCC(=O)O. The van der Waals surface area contributed by atoms with E-state index in [1.807, 2.05) is 0 Å². The van der Waals surface area contributed by atoms with Gasteiger partial charge in [0.15, 0.2) is 0 Å². The van der Waals surface area contributed by atoms with Crippen LogP contribution in [-0.4, -0.2) is 15.6 Å². The molecule has 1 aromatic heterocycles. The summed E-state index contributed by atoms with van der Waals surface area (Å²) in [7, 11) is 0. The molecule has 1 N–H and O–H groups in total. The molecule has 0 aliphatic heterocycles. The minimum Gasteiger partial charge on any atom is -0.481 e. The number of para-hydroxylation sites is 1. The van der Waals surface area contributed by atoms with E-state index in [1.54, 1.807) is 0 Å². The van der Waals surface area contributed by atoms with E-state index in [2.05, 4.69) is 42.7 Å². The lowest BCUT2D eigenvalue weighted by molar-refractivity contribution is -0.137. The molecule has 2 aromatic rings. The largest absolute Gasteiger partial charge is 0.481 e. The average Bonchev–Trinajstić information content (AvgIpc) is 2.82. The number of aryl methyl sites for hydroxylation is 2.